The van der Waals surface area contributed by atoms with Crippen LogP contribution in [0.2, 0.25) is 0 Å². The Morgan fingerprint density at radius 2 is 1.57 bits per heavy atom. The molecule has 35 heavy (non-hydrogen) atoms. The van der Waals surface area contributed by atoms with Crippen molar-refractivity contribution in [1.29, 1.82) is 0 Å². The summed E-state index contributed by atoms with van der Waals surface area (Å²) in [6.07, 6.45) is 0. The van der Waals surface area contributed by atoms with Crippen molar-refractivity contribution in [3.63, 3.8) is 0 Å². The number of aromatic nitrogens is 2. The first-order valence-electron chi connectivity index (χ1n) is 11.8. The van der Waals surface area contributed by atoms with Crippen molar-refractivity contribution in [1.82, 2.24) is 25.3 Å². The number of para-hydroxylation sites is 1. The number of fused-ring (bicyclic) bond motifs is 1. The predicted octanol–water partition coefficient (Wildman–Crippen LogP) is 3.46. The van der Waals surface area contributed by atoms with Gasteiger partial charge >= 0.3 is 0 Å². The Morgan fingerprint density at radius 1 is 0.943 bits per heavy atom. The van der Waals surface area contributed by atoms with E-state index in [1.807, 2.05) is 18.2 Å². The van der Waals surface area contributed by atoms with E-state index in [-0.39, 0.29) is 11.5 Å². The summed E-state index contributed by atoms with van der Waals surface area (Å²) in [7, 11) is 0. The van der Waals surface area contributed by atoms with Crippen LogP contribution in [0.25, 0.3) is 10.9 Å². The number of amides is 2. The van der Waals surface area contributed by atoms with Gasteiger partial charge in [0.15, 0.2) is 5.16 Å². The summed E-state index contributed by atoms with van der Waals surface area (Å²) in [6.45, 7) is 11.4. The molecule has 0 aliphatic carbocycles. The average Bonchev–Trinajstić information content (AvgIpc) is 2.84. The quantitative estimate of drug-likeness (QED) is 0.268. The van der Waals surface area contributed by atoms with E-state index < -0.39 is 11.2 Å². The molecule has 0 spiro atoms. The van der Waals surface area contributed by atoms with Crippen molar-refractivity contribution in [2.75, 3.05) is 6.54 Å². The Hall–Kier alpha value is -3.17. The zero-order valence-corrected chi connectivity index (χ0v) is 21.6. The molecule has 1 unspecified atom stereocenters. The molecule has 0 bridgehead atoms. The largest absolute Gasteiger partial charge is 0.297 e. The van der Waals surface area contributed by atoms with Crippen LogP contribution in [0, 0.1) is 0 Å². The van der Waals surface area contributed by atoms with E-state index in [1.165, 1.54) is 11.8 Å². The van der Waals surface area contributed by atoms with Gasteiger partial charge in [0.2, 0.25) is 0 Å². The van der Waals surface area contributed by atoms with Gasteiger partial charge < -0.3 is 0 Å². The average molecular weight is 496 g/mol. The molecule has 9 heteroatoms. The maximum Gasteiger partial charge on any atom is 0.269 e. The summed E-state index contributed by atoms with van der Waals surface area (Å²) >= 11 is 1.19. The molecule has 0 saturated carbocycles. The second kappa shape index (κ2) is 12.0. The lowest BCUT2D eigenvalue weighted by Crippen LogP contribution is -2.45. The molecule has 3 rings (SSSR count). The second-order valence-corrected chi connectivity index (χ2v) is 10.2. The molecule has 2 amide bonds. The van der Waals surface area contributed by atoms with Crippen LogP contribution >= 0.6 is 11.8 Å². The molecule has 0 fully saturated rings. The van der Waals surface area contributed by atoms with Crippen LogP contribution in [0.15, 0.2) is 64.5 Å². The number of carbonyl (C=O) groups is 2. The summed E-state index contributed by atoms with van der Waals surface area (Å²) in [6, 6.07) is 16.5. The summed E-state index contributed by atoms with van der Waals surface area (Å²) in [4.78, 5) is 45.3. The molecule has 0 aliphatic rings. The standard InChI is InChI=1S/C26H33N5O3S/c1-17(2)30(18(3)4)15-16-31-25(34)21-13-9-10-14-22(21)27-26(31)35-19(5)23(32)28-29-24(33)20-11-7-6-8-12-20/h6-14,17-19H,15-16H2,1-5H3,(H,28,32)(H,29,33). The fourth-order valence-corrected chi connectivity index (χ4v) is 4.79. The van der Waals surface area contributed by atoms with Gasteiger partial charge in [0.1, 0.15) is 0 Å². The number of nitrogens with zero attached hydrogens (tertiary/aromatic N) is 3. The van der Waals surface area contributed by atoms with Crippen molar-refractivity contribution >= 4 is 34.5 Å². The van der Waals surface area contributed by atoms with Gasteiger partial charge in [0.25, 0.3) is 17.4 Å². The summed E-state index contributed by atoms with van der Waals surface area (Å²) in [5, 5.41) is 0.416. The van der Waals surface area contributed by atoms with Crippen LogP contribution in [-0.4, -0.2) is 50.1 Å². The van der Waals surface area contributed by atoms with Crippen LogP contribution in [0.1, 0.15) is 45.0 Å². The SMILES string of the molecule is CC(Sc1nc2ccccc2c(=O)n1CCN(C(C)C)C(C)C)C(=O)NNC(=O)c1ccccc1. The normalized spacial score (nSPS) is 12.3. The third kappa shape index (κ3) is 6.70. The van der Waals surface area contributed by atoms with E-state index in [0.717, 1.165) is 0 Å². The third-order valence-electron chi connectivity index (χ3n) is 5.72. The zero-order chi connectivity index (χ0) is 25.5. The lowest BCUT2D eigenvalue weighted by molar-refractivity contribution is -0.121. The Bertz CT molecular complexity index is 1220. The highest BCUT2D eigenvalue weighted by atomic mass is 32.2. The number of hydrogen-bond donors (Lipinski definition) is 2. The molecule has 0 saturated heterocycles. The van der Waals surface area contributed by atoms with Crippen LogP contribution in [0.5, 0.6) is 0 Å². The van der Waals surface area contributed by atoms with Crippen molar-refractivity contribution in [3.05, 3.63) is 70.5 Å². The Kier molecular flexibility index (Phi) is 9.06. The van der Waals surface area contributed by atoms with Gasteiger partial charge in [-0.2, -0.15) is 0 Å². The lowest BCUT2D eigenvalue weighted by Gasteiger charge is -2.31. The van der Waals surface area contributed by atoms with Crippen LogP contribution in [-0.2, 0) is 11.3 Å². The van der Waals surface area contributed by atoms with Gasteiger partial charge in [-0.1, -0.05) is 42.1 Å². The Labute approximate surface area is 210 Å². The fourth-order valence-electron chi connectivity index (χ4n) is 3.86. The highest BCUT2D eigenvalue weighted by Gasteiger charge is 2.21. The Balaban J connectivity index is 1.79. The van der Waals surface area contributed by atoms with Gasteiger partial charge in [0.05, 0.1) is 16.2 Å². The molecule has 0 aliphatic heterocycles. The van der Waals surface area contributed by atoms with Gasteiger partial charge in [0, 0.05) is 30.7 Å². The minimum Gasteiger partial charge on any atom is -0.297 e. The van der Waals surface area contributed by atoms with E-state index in [1.54, 1.807) is 47.9 Å². The van der Waals surface area contributed by atoms with E-state index in [0.29, 0.717) is 46.8 Å². The van der Waals surface area contributed by atoms with Gasteiger partial charge in [-0.25, -0.2) is 4.98 Å². The van der Waals surface area contributed by atoms with Crippen molar-refractivity contribution in [2.24, 2.45) is 0 Å². The monoisotopic (exact) mass is 495 g/mol. The second-order valence-electron chi connectivity index (χ2n) is 8.86. The van der Waals surface area contributed by atoms with Crippen molar-refractivity contribution < 1.29 is 9.59 Å². The van der Waals surface area contributed by atoms with E-state index >= 15 is 0 Å². The highest BCUT2D eigenvalue weighted by Crippen LogP contribution is 2.23. The molecule has 3 aromatic rings. The topological polar surface area (TPSA) is 96.3 Å². The number of thioether (sulfide) groups is 1. The smallest absolute Gasteiger partial charge is 0.269 e. The summed E-state index contributed by atoms with van der Waals surface area (Å²) in [5.74, 6) is -0.793. The minimum atomic E-state index is -0.600. The van der Waals surface area contributed by atoms with Crippen LogP contribution in [0.3, 0.4) is 0 Å². The third-order valence-corrected chi connectivity index (χ3v) is 6.81. The predicted molar refractivity (Wildman–Crippen MR) is 140 cm³/mol. The first-order chi connectivity index (χ1) is 16.7. The molecule has 2 N–H and O–H groups in total. The van der Waals surface area contributed by atoms with E-state index in [2.05, 4.69) is 43.4 Å². The number of nitrogens with one attached hydrogen (secondary N) is 2. The number of hydrazine groups is 1. The number of hydrogen-bond acceptors (Lipinski definition) is 6. The number of rotatable bonds is 9. The minimum absolute atomic E-state index is 0.129. The van der Waals surface area contributed by atoms with E-state index in [9.17, 15) is 14.4 Å². The van der Waals surface area contributed by atoms with Gasteiger partial charge in [-0.3, -0.25) is 34.7 Å². The molecule has 1 aromatic heterocycles. The molecular formula is C26H33N5O3S. The van der Waals surface area contributed by atoms with Gasteiger partial charge in [-0.15, -0.1) is 0 Å². The Morgan fingerprint density at radius 3 is 2.23 bits per heavy atom. The summed E-state index contributed by atoms with van der Waals surface area (Å²) < 4.78 is 1.65. The molecule has 0 radical (unpaired) electrons. The maximum atomic E-state index is 13.4. The highest BCUT2D eigenvalue weighted by molar-refractivity contribution is 8.00. The molecule has 1 heterocycles. The molecule has 2 aromatic carbocycles. The molecule has 186 valence electrons. The molecule has 8 nitrogen and oxygen atoms in total. The molecular weight excluding hydrogens is 462 g/mol. The number of carbonyl (C=O) groups excluding carboxylic acids is 2. The van der Waals surface area contributed by atoms with E-state index in [4.69, 9.17) is 4.98 Å². The van der Waals surface area contributed by atoms with Crippen LogP contribution in [0.4, 0.5) is 0 Å². The first kappa shape index (κ1) is 26.4. The zero-order valence-electron chi connectivity index (χ0n) is 20.8. The molecule has 1 atom stereocenters. The van der Waals surface area contributed by atoms with Gasteiger partial charge in [-0.05, 0) is 58.9 Å². The first-order valence-corrected chi connectivity index (χ1v) is 12.6. The maximum absolute atomic E-state index is 13.4. The fraction of sp³-hybridized carbons (Fsp3) is 0.385. The lowest BCUT2D eigenvalue weighted by atomic mass is 10.2. The number of benzene rings is 2. The van der Waals surface area contributed by atoms with Crippen molar-refractivity contribution in [3.8, 4) is 0 Å². The van der Waals surface area contributed by atoms with Crippen molar-refractivity contribution in [2.45, 2.75) is 63.7 Å². The van der Waals surface area contributed by atoms with Crippen LogP contribution < -0.4 is 16.4 Å². The summed E-state index contributed by atoms with van der Waals surface area (Å²) in [5.41, 5.74) is 5.81.